The Morgan fingerprint density at radius 2 is 1.92 bits per heavy atom. The molecule has 0 aliphatic heterocycles. The first kappa shape index (κ1) is 10.1. The lowest BCUT2D eigenvalue weighted by Gasteiger charge is -2.13. The summed E-state index contributed by atoms with van der Waals surface area (Å²) in [4.78, 5) is 0. The zero-order valence-electron chi connectivity index (χ0n) is 7.10. The van der Waals surface area contributed by atoms with Crippen LogP contribution in [0.25, 0.3) is 0 Å². The van der Waals surface area contributed by atoms with Crippen molar-refractivity contribution in [2.24, 2.45) is 5.73 Å². The predicted molar refractivity (Wildman–Crippen MR) is 44.1 cm³/mol. The average molecular weight is 189 g/mol. The van der Waals surface area contributed by atoms with Gasteiger partial charge in [0.15, 0.2) is 0 Å². The predicted octanol–water partition coefficient (Wildman–Crippen LogP) is 2.40. The third kappa shape index (κ3) is 2.21. The van der Waals surface area contributed by atoms with E-state index in [2.05, 4.69) is 0 Å². The van der Waals surface area contributed by atoms with Crippen molar-refractivity contribution in [3.63, 3.8) is 0 Å². The maximum Gasteiger partial charge on any atom is 0.257 e. The van der Waals surface area contributed by atoms with Gasteiger partial charge in [-0.15, -0.1) is 0 Å². The van der Waals surface area contributed by atoms with E-state index in [0.29, 0.717) is 5.56 Å². The molecule has 1 rings (SSSR count). The maximum atomic E-state index is 12.6. The molecule has 0 aliphatic carbocycles. The molecule has 0 unspecified atom stereocenters. The fourth-order valence-electron chi connectivity index (χ4n) is 1.15. The Balaban J connectivity index is 3.01. The number of alkyl halides is 2. The topological polar surface area (TPSA) is 26.0 Å². The molecule has 0 bridgehead atoms. The fourth-order valence-corrected chi connectivity index (χ4v) is 1.15. The number of hydrogen-bond donors (Lipinski definition) is 1. The standard InChI is InChI=1S/C9H10F3N/c1-5-4-6(10)2-3-7(5)8(13)9(11)12/h2-4,8-9H,13H2,1H3/t8-/m0/s1. The summed E-state index contributed by atoms with van der Waals surface area (Å²) in [6.45, 7) is 1.56. The van der Waals surface area contributed by atoms with Crippen LogP contribution in [0.2, 0.25) is 0 Å². The van der Waals surface area contributed by atoms with Gasteiger partial charge in [-0.1, -0.05) is 6.07 Å². The highest BCUT2D eigenvalue weighted by Crippen LogP contribution is 2.21. The number of halogens is 3. The lowest BCUT2D eigenvalue weighted by molar-refractivity contribution is 0.116. The highest BCUT2D eigenvalue weighted by molar-refractivity contribution is 5.29. The SMILES string of the molecule is Cc1cc(F)ccc1[C@H](N)C(F)F. The molecule has 2 N–H and O–H groups in total. The van der Waals surface area contributed by atoms with Gasteiger partial charge in [0.05, 0.1) is 6.04 Å². The molecule has 13 heavy (non-hydrogen) atoms. The van der Waals surface area contributed by atoms with E-state index in [1.807, 2.05) is 0 Å². The first-order chi connectivity index (χ1) is 6.02. The average Bonchev–Trinajstić information content (AvgIpc) is 2.03. The van der Waals surface area contributed by atoms with Crippen LogP contribution >= 0.6 is 0 Å². The number of benzene rings is 1. The monoisotopic (exact) mass is 189 g/mol. The third-order valence-electron chi connectivity index (χ3n) is 1.86. The van der Waals surface area contributed by atoms with E-state index in [-0.39, 0.29) is 5.56 Å². The first-order valence-corrected chi connectivity index (χ1v) is 3.82. The van der Waals surface area contributed by atoms with E-state index >= 15 is 0 Å². The lowest BCUT2D eigenvalue weighted by atomic mass is 10.0. The molecule has 0 saturated carbocycles. The van der Waals surface area contributed by atoms with Crippen molar-refractivity contribution in [2.45, 2.75) is 19.4 Å². The summed E-state index contributed by atoms with van der Waals surface area (Å²) in [6.07, 6.45) is -2.62. The zero-order valence-corrected chi connectivity index (χ0v) is 7.10. The van der Waals surface area contributed by atoms with Crippen LogP contribution in [-0.2, 0) is 0 Å². The molecule has 1 nitrogen and oxygen atoms in total. The summed E-state index contributed by atoms with van der Waals surface area (Å²) < 4.78 is 36.9. The molecule has 72 valence electrons. The van der Waals surface area contributed by atoms with Gasteiger partial charge in [-0.2, -0.15) is 0 Å². The Labute approximate surface area is 74.4 Å². The molecular weight excluding hydrogens is 179 g/mol. The molecule has 0 aliphatic rings. The van der Waals surface area contributed by atoms with Crippen LogP contribution < -0.4 is 5.73 Å². The molecule has 0 saturated heterocycles. The largest absolute Gasteiger partial charge is 0.319 e. The Bertz CT molecular complexity index is 299. The second-order valence-corrected chi connectivity index (χ2v) is 2.86. The summed E-state index contributed by atoms with van der Waals surface area (Å²) in [5.74, 6) is -0.442. The van der Waals surface area contributed by atoms with E-state index in [1.54, 1.807) is 6.92 Å². The van der Waals surface area contributed by atoms with E-state index in [1.165, 1.54) is 12.1 Å². The molecule has 1 atom stereocenters. The summed E-state index contributed by atoms with van der Waals surface area (Å²) in [5, 5.41) is 0. The number of aryl methyl sites for hydroxylation is 1. The van der Waals surface area contributed by atoms with Crippen LogP contribution in [0.3, 0.4) is 0 Å². The van der Waals surface area contributed by atoms with Crippen LogP contribution in [0.4, 0.5) is 13.2 Å². The van der Waals surface area contributed by atoms with Gasteiger partial charge >= 0.3 is 0 Å². The lowest BCUT2D eigenvalue weighted by Crippen LogP contribution is -2.19. The molecule has 1 aromatic carbocycles. The minimum absolute atomic E-state index is 0.288. The number of hydrogen-bond acceptors (Lipinski definition) is 1. The zero-order chi connectivity index (χ0) is 10.0. The van der Waals surface area contributed by atoms with Crippen molar-refractivity contribution < 1.29 is 13.2 Å². The molecule has 4 heteroatoms. The van der Waals surface area contributed by atoms with E-state index in [0.717, 1.165) is 6.07 Å². The molecule has 1 aromatic rings. The van der Waals surface area contributed by atoms with Crippen molar-refractivity contribution in [1.29, 1.82) is 0 Å². The highest BCUT2D eigenvalue weighted by Gasteiger charge is 2.19. The Hall–Kier alpha value is -1.03. The number of rotatable bonds is 2. The number of nitrogens with two attached hydrogens (primary N) is 1. The molecule has 0 fully saturated rings. The van der Waals surface area contributed by atoms with Gasteiger partial charge < -0.3 is 5.73 Å². The fraction of sp³-hybridized carbons (Fsp3) is 0.333. The normalized spacial score (nSPS) is 13.4. The van der Waals surface area contributed by atoms with E-state index in [9.17, 15) is 13.2 Å². The van der Waals surface area contributed by atoms with Crippen LogP contribution in [0.15, 0.2) is 18.2 Å². The summed E-state index contributed by atoms with van der Waals surface area (Å²) >= 11 is 0. The van der Waals surface area contributed by atoms with Crippen molar-refractivity contribution >= 4 is 0 Å². The summed E-state index contributed by atoms with van der Waals surface area (Å²) in [7, 11) is 0. The van der Waals surface area contributed by atoms with Gasteiger partial charge in [0.1, 0.15) is 5.82 Å². The van der Waals surface area contributed by atoms with Crippen molar-refractivity contribution in [3.8, 4) is 0 Å². The Kier molecular flexibility index (Phi) is 2.93. The van der Waals surface area contributed by atoms with Gasteiger partial charge in [-0.3, -0.25) is 0 Å². The maximum absolute atomic E-state index is 12.6. The van der Waals surface area contributed by atoms with Crippen LogP contribution in [-0.4, -0.2) is 6.43 Å². The van der Waals surface area contributed by atoms with Crippen molar-refractivity contribution in [1.82, 2.24) is 0 Å². The van der Waals surface area contributed by atoms with E-state index < -0.39 is 18.3 Å². The first-order valence-electron chi connectivity index (χ1n) is 3.82. The quantitative estimate of drug-likeness (QED) is 0.759. The molecule has 0 radical (unpaired) electrons. The van der Waals surface area contributed by atoms with Gasteiger partial charge in [0.25, 0.3) is 6.43 Å². The Morgan fingerprint density at radius 1 is 1.31 bits per heavy atom. The van der Waals surface area contributed by atoms with Crippen molar-refractivity contribution in [3.05, 3.63) is 35.1 Å². The second kappa shape index (κ2) is 3.79. The molecule has 0 aromatic heterocycles. The summed E-state index contributed by atoms with van der Waals surface area (Å²) in [6, 6.07) is 2.28. The molecule has 0 spiro atoms. The molecule has 0 heterocycles. The van der Waals surface area contributed by atoms with Crippen molar-refractivity contribution in [2.75, 3.05) is 0 Å². The van der Waals surface area contributed by atoms with Gasteiger partial charge in [-0.05, 0) is 30.2 Å². The highest BCUT2D eigenvalue weighted by atomic mass is 19.3. The van der Waals surface area contributed by atoms with Gasteiger partial charge in [0.2, 0.25) is 0 Å². The van der Waals surface area contributed by atoms with Crippen LogP contribution in [0.1, 0.15) is 17.2 Å². The van der Waals surface area contributed by atoms with Crippen LogP contribution in [0, 0.1) is 12.7 Å². The second-order valence-electron chi connectivity index (χ2n) is 2.86. The Morgan fingerprint density at radius 3 is 2.38 bits per heavy atom. The van der Waals surface area contributed by atoms with Crippen LogP contribution in [0.5, 0.6) is 0 Å². The summed E-state index contributed by atoms with van der Waals surface area (Å²) in [5.41, 5.74) is 5.96. The minimum Gasteiger partial charge on any atom is -0.319 e. The van der Waals surface area contributed by atoms with Gasteiger partial charge in [0, 0.05) is 0 Å². The third-order valence-corrected chi connectivity index (χ3v) is 1.86. The van der Waals surface area contributed by atoms with Gasteiger partial charge in [-0.25, -0.2) is 13.2 Å². The molecule has 0 amide bonds. The van der Waals surface area contributed by atoms with E-state index in [4.69, 9.17) is 5.73 Å². The minimum atomic E-state index is -2.62. The smallest absolute Gasteiger partial charge is 0.257 e. The molecular formula is C9H10F3N.